The van der Waals surface area contributed by atoms with E-state index in [9.17, 15) is 4.79 Å². The van der Waals surface area contributed by atoms with Crippen LogP contribution in [-0.4, -0.2) is 35.3 Å². The molecule has 0 heterocycles. The van der Waals surface area contributed by atoms with Crippen LogP contribution in [0.3, 0.4) is 0 Å². The zero-order chi connectivity index (χ0) is 12.6. The first-order chi connectivity index (χ1) is 7.35. The Morgan fingerprint density at radius 1 is 1.38 bits per heavy atom. The van der Waals surface area contributed by atoms with Crippen molar-refractivity contribution in [2.24, 2.45) is 0 Å². The fourth-order valence-electron chi connectivity index (χ4n) is 1.28. The Kier molecular flexibility index (Phi) is 7.23. The molecule has 0 aliphatic rings. The summed E-state index contributed by atoms with van der Waals surface area (Å²) < 4.78 is 4.95. The summed E-state index contributed by atoms with van der Waals surface area (Å²) in [5.74, 6) is -0.431. The third-order valence-electron chi connectivity index (χ3n) is 2.11. The van der Waals surface area contributed by atoms with Crippen molar-refractivity contribution < 1.29 is 23.9 Å². The molecule has 0 fully saturated rings. The monoisotopic (exact) mass is 248 g/mol. The maximum atomic E-state index is 10.8. The lowest BCUT2D eigenvalue weighted by Crippen LogP contribution is -2.33. The Bertz CT molecular complexity index is 224. The van der Waals surface area contributed by atoms with Gasteiger partial charge in [0.05, 0.1) is 6.10 Å². The van der Waals surface area contributed by atoms with Crippen molar-refractivity contribution in [3.63, 3.8) is 0 Å². The molecule has 0 aliphatic carbocycles. The molecule has 94 valence electrons. The fourth-order valence-corrected chi connectivity index (χ4v) is 2.00. The zero-order valence-corrected chi connectivity index (χ0v) is 10.6. The van der Waals surface area contributed by atoms with E-state index in [0.29, 0.717) is 6.42 Å². The molecule has 0 radical (unpaired) electrons. The molecule has 0 aromatic carbocycles. The summed E-state index contributed by atoms with van der Waals surface area (Å²) in [4.78, 5) is 37.0. The molecule has 16 heavy (non-hydrogen) atoms. The van der Waals surface area contributed by atoms with Gasteiger partial charge in [-0.05, 0) is 26.2 Å². The lowest BCUT2D eigenvalue weighted by Gasteiger charge is -2.12. The van der Waals surface area contributed by atoms with Crippen molar-refractivity contribution in [1.82, 2.24) is 0 Å². The maximum Gasteiger partial charge on any atom is 0.492 e. The van der Waals surface area contributed by atoms with Gasteiger partial charge >= 0.3 is 14.8 Å². The highest BCUT2D eigenvalue weighted by Crippen LogP contribution is 2.11. The molecular weight excluding hydrogens is 228 g/mol. The van der Waals surface area contributed by atoms with Crippen LogP contribution in [-0.2, 0) is 9.53 Å². The Hall–Kier alpha value is -0.693. The first kappa shape index (κ1) is 15.3. The van der Waals surface area contributed by atoms with Crippen LogP contribution < -0.4 is 0 Å². The highest BCUT2D eigenvalue weighted by Gasteiger charge is 2.25. The van der Waals surface area contributed by atoms with Crippen molar-refractivity contribution in [1.29, 1.82) is 0 Å². The molecule has 5 nitrogen and oxygen atoms in total. The van der Waals surface area contributed by atoms with E-state index in [4.69, 9.17) is 19.1 Å². The molecule has 1 unspecified atom stereocenters. The van der Waals surface area contributed by atoms with E-state index < -0.39 is 14.8 Å². The van der Waals surface area contributed by atoms with Crippen LogP contribution in [0.25, 0.3) is 0 Å². The fraction of sp³-hybridized carbons (Fsp3) is 0.700. The molecule has 0 bridgehead atoms. The second kappa shape index (κ2) is 7.56. The molecule has 0 amide bonds. The third-order valence-corrected chi connectivity index (χ3v) is 3.13. The first-order valence-electron chi connectivity index (χ1n) is 5.35. The largest absolute Gasteiger partial charge is 0.492 e. The average Bonchev–Trinajstić information content (AvgIpc) is 2.15. The SMILES string of the molecule is C=CC(=O)OC(C)CCCCC[Si](O)(O)O. The minimum Gasteiger partial charge on any atom is -0.460 e. The number of esters is 1. The van der Waals surface area contributed by atoms with Crippen molar-refractivity contribution in [3.05, 3.63) is 12.7 Å². The molecular formula is C10H20O5Si. The van der Waals surface area contributed by atoms with Crippen molar-refractivity contribution in [3.8, 4) is 0 Å². The van der Waals surface area contributed by atoms with Crippen LogP contribution in [0.4, 0.5) is 0 Å². The molecule has 1 atom stereocenters. The highest BCUT2D eigenvalue weighted by atomic mass is 28.4. The van der Waals surface area contributed by atoms with E-state index in [1.165, 1.54) is 0 Å². The van der Waals surface area contributed by atoms with Gasteiger partial charge in [-0.25, -0.2) is 4.79 Å². The van der Waals surface area contributed by atoms with Gasteiger partial charge in [-0.3, -0.25) is 0 Å². The van der Waals surface area contributed by atoms with Gasteiger partial charge in [0.1, 0.15) is 0 Å². The number of rotatable bonds is 8. The van der Waals surface area contributed by atoms with Gasteiger partial charge in [0, 0.05) is 12.1 Å². The maximum absolute atomic E-state index is 10.8. The number of hydrogen-bond acceptors (Lipinski definition) is 5. The Morgan fingerprint density at radius 2 is 2.00 bits per heavy atom. The Balaban J connectivity index is 3.45. The van der Waals surface area contributed by atoms with Gasteiger partial charge in [0.15, 0.2) is 0 Å². The Labute approximate surface area is 96.7 Å². The minimum atomic E-state index is -3.87. The smallest absolute Gasteiger partial charge is 0.460 e. The van der Waals surface area contributed by atoms with Crippen LogP contribution in [0.1, 0.15) is 32.6 Å². The van der Waals surface area contributed by atoms with E-state index in [1.807, 2.05) is 0 Å². The summed E-state index contributed by atoms with van der Waals surface area (Å²) >= 11 is 0. The highest BCUT2D eigenvalue weighted by molar-refractivity contribution is 6.56. The first-order valence-corrected chi connectivity index (χ1v) is 7.40. The second-order valence-electron chi connectivity index (χ2n) is 3.83. The van der Waals surface area contributed by atoms with Crippen molar-refractivity contribution in [2.45, 2.75) is 44.8 Å². The molecule has 0 aliphatic heterocycles. The van der Waals surface area contributed by atoms with E-state index >= 15 is 0 Å². The van der Waals surface area contributed by atoms with Gasteiger partial charge < -0.3 is 19.1 Å². The number of ether oxygens (including phenoxy) is 1. The molecule has 0 aromatic heterocycles. The zero-order valence-electron chi connectivity index (χ0n) is 9.56. The van der Waals surface area contributed by atoms with Crippen LogP contribution in [0.5, 0.6) is 0 Å². The summed E-state index contributed by atoms with van der Waals surface area (Å²) in [7, 11) is -3.87. The number of carbonyl (C=O) groups excluding carboxylic acids is 1. The molecule has 0 saturated heterocycles. The van der Waals surface area contributed by atoms with Gasteiger partial charge in [-0.2, -0.15) is 0 Å². The van der Waals surface area contributed by atoms with Crippen LogP contribution >= 0.6 is 0 Å². The average molecular weight is 248 g/mol. The van der Waals surface area contributed by atoms with Crippen molar-refractivity contribution in [2.75, 3.05) is 0 Å². The number of hydrogen-bond donors (Lipinski definition) is 3. The predicted octanol–water partition coefficient (Wildman–Crippen LogP) is 0.580. The van der Waals surface area contributed by atoms with E-state index in [-0.39, 0.29) is 12.1 Å². The molecule has 0 spiro atoms. The van der Waals surface area contributed by atoms with Gasteiger partial charge in [-0.1, -0.05) is 13.0 Å². The summed E-state index contributed by atoms with van der Waals surface area (Å²) in [6, 6.07) is 0.0633. The summed E-state index contributed by atoms with van der Waals surface area (Å²) in [5, 5.41) is 0. The third kappa shape index (κ3) is 9.85. The van der Waals surface area contributed by atoms with Crippen LogP contribution in [0.15, 0.2) is 12.7 Å². The molecule has 3 N–H and O–H groups in total. The minimum absolute atomic E-state index is 0.0633. The van der Waals surface area contributed by atoms with Crippen LogP contribution in [0, 0.1) is 0 Å². The van der Waals surface area contributed by atoms with Gasteiger partial charge in [0.25, 0.3) is 0 Å². The molecule has 6 heteroatoms. The van der Waals surface area contributed by atoms with Gasteiger partial charge in [0.2, 0.25) is 0 Å². The van der Waals surface area contributed by atoms with E-state index in [0.717, 1.165) is 25.3 Å². The summed E-state index contributed by atoms with van der Waals surface area (Å²) in [6.07, 6.45) is 3.83. The number of unbranched alkanes of at least 4 members (excludes halogenated alkanes) is 2. The quantitative estimate of drug-likeness (QED) is 0.253. The normalized spacial score (nSPS) is 13.2. The van der Waals surface area contributed by atoms with E-state index in [2.05, 4.69) is 6.58 Å². The summed E-state index contributed by atoms with van der Waals surface area (Å²) in [5.41, 5.74) is 0. The topological polar surface area (TPSA) is 87.0 Å². The molecule has 0 aromatic rings. The predicted molar refractivity (Wildman–Crippen MR) is 61.4 cm³/mol. The molecule has 0 rings (SSSR count). The van der Waals surface area contributed by atoms with Crippen molar-refractivity contribution >= 4 is 14.8 Å². The number of carbonyl (C=O) groups is 1. The lowest BCUT2D eigenvalue weighted by atomic mass is 10.1. The summed E-state index contributed by atoms with van der Waals surface area (Å²) in [6.45, 7) is 5.09. The van der Waals surface area contributed by atoms with Gasteiger partial charge in [-0.15, -0.1) is 0 Å². The van der Waals surface area contributed by atoms with E-state index in [1.54, 1.807) is 6.92 Å². The standard InChI is InChI=1S/C10H20O5Si/c1-3-10(11)15-9(2)7-5-4-6-8-16(12,13)14/h3,9,12-14H,1,4-8H2,2H3. The van der Waals surface area contributed by atoms with Crippen LogP contribution in [0.2, 0.25) is 6.04 Å². The second-order valence-corrected chi connectivity index (χ2v) is 5.87. The lowest BCUT2D eigenvalue weighted by molar-refractivity contribution is -0.142. The Morgan fingerprint density at radius 3 is 2.50 bits per heavy atom. The molecule has 0 saturated carbocycles.